The summed E-state index contributed by atoms with van der Waals surface area (Å²) in [4.78, 5) is 0. The summed E-state index contributed by atoms with van der Waals surface area (Å²) in [6.45, 7) is 5.79. The molecule has 0 aliphatic rings. The summed E-state index contributed by atoms with van der Waals surface area (Å²) in [5.41, 5.74) is 2.97. The number of rotatable bonds is 5. The number of hydrogen-bond acceptors (Lipinski definition) is 4. The topological polar surface area (TPSA) is 47.9 Å². The third-order valence-corrected chi connectivity index (χ3v) is 3.63. The van der Waals surface area contributed by atoms with Crippen LogP contribution in [-0.2, 0) is 0 Å². The minimum Gasteiger partial charge on any atom is -0.504 e. The second kappa shape index (κ2) is 10.9. The summed E-state index contributed by atoms with van der Waals surface area (Å²) in [5.74, 6) is 2.26. The number of phenols is 1. The molecule has 0 saturated carbocycles. The van der Waals surface area contributed by atoms with E-state index in [9.17, 15) is 5.11 Å². The number of allylic oxidation sites excluding steroid dienone is 2. The van der Waals surface area contributed by atoms with E-state index < -0.39 is 0 Å². The van der Waals surface area contributed by atoms with Gasteiger partial charge in [-0.05, 0) is 61.7 Å². The Labute approximate surface area is 156 Å². The third kappa shape index (κ3) is 5.88. The molecule has 1 N–H and O–H groups in total. The number of aromatic hydroxyl groups is 1. The molecule has 0 aliphatic heterocycles. The maximum Gasteiger partial charge on any atom is 0.161 e. The van der Waals surface area contributed by atoms with Gasteiger partial charge in [-0.25, -0.2) is 0 Å². The van der Waals surface area contributed by atoms with E-state index in [4.69, 9.17) is 14.2 Å². The second-order valence-corrected chi connectivity index (χ2v) is 5.50. The van der Waals surface area contributed by atoms with Gasteiger partial charge >= 0.3 is 0 Å². The smallest absolute Gasteiger partial charge is 0.161 e. The minimum atomic E-state index is 0.218. The van der Waals surface area contributed by atoms with Crippen LogP contribution in [0.3, 0.4) is 0 Å². The van der Waals surface area contributed by atoms with Crippen LogP contribution in [-0.4, -0.2) is 26.4 Å². The zero-order valence-electron chi connectivity index (χ0n) is 16.4. The van der Waals surface area contributed by atoms with Crippen molar-refractivity contribution in [3.05, 3.63) is 59.2 Å². The molecule has 0 saturated heterocycles. The van der Waals surface area contributed by atoms with E-state index in [1.165, 1.54) is 0 Å². The zero-order valence-corrected chi connectivity index (χ0v) is 16.4. The average Bonchev–Trinajstić information content (AvgIpc) is 2.65. The van der Waals surface area contributed by atoms with Crippen molar-refractivity contribution in [3.63, 3.8) is 0 Å². The highest BCUT2D eigenvalue weighted by Gasteiger charge is 2.05. The maximum atomic E-state index is 9.54. The lowest BCUT2D eigenvalue weighted by molar-refractivity contribution is 0.355. The fourth-order valence-electron chi connectivity index (χ4n) is 2.37. The second-order valence-electron chi connectivity index (χ2n) is 5.50. The van der Waals surface area contributed by atoms with Gasteiger partial charge in [0.15, 0.2) is 23.0 Å². The van der Waals surface area contributed by atoms with Crippen molar-refractivity contribution in [2.24, 2.45) is 0 Å². The fraction of sp³-hybridized carbons (Fsp3) is 0.273. The number of benzene rings is 2. The van der Waals surface area contributed by atoms with Gasteiger partial charge in [0.2, 0.25) is 0 Å². The van der Waals surface area contributed by atoms with Crippen molar-refractivity contribution in [2.45, 2.75) is 20.8 Å². The molecular formula is C22H28O4. The first-order chi connectivity index (χ1) is 12.5. The van der Waals surface area contributed by atoms with E-state index in [0.717, 1.165) is 28.2 Å². The lowest BCUT2D eigenvalue weighted by Crippen LogP contribution is -1.90. The number of aryl methyl sites for hydroxylation is 1. The quantitative estimate of drug-likeness (QED) is 0.771. The van der Waals surface area contributed by atoms with Gasteiger partial charge in [0.05, 0.1) is 21.3 Å². The minimum absolute atomic E-state index is 0.218. The normalized spacial score (nSPS) is 10.5. The van der Waals surface area contributed by atoms with Crippen LogP contribution in [0.5, 0.6) is 23.0 Å². The predicted molar refractivity (Wildman–Crippen MR) is 108 cm³/mol. The summed E-state index contributed by atoms with van der Waals surface area (Å²) >= 11 is 0. The highest BCUT2D eigenvalue weighted by atomic mass is 16.5. The first kappa shape index (κ1) is 21.2. The van der Waals surface area contributed by atoms with Gasteiger partial charge in [0.25, 0.3) is 0 Å². The molecule has 0 bridgehead atoms. The van der Waals surface area contributed by atoms with E-state index in [-0.39, 0.29) is 5.75 Å². The summed E-state index contributed by atoms with van der Waals surface area (Å²) in [6, 6.07) is 9.55. The molecule has 2 aromatic carbocycles. The van der Waals surface area contributed by atoms with Crippen molar-refractivity contribution in [2.75, 3.05) is 21.3 Å². The van der Waals surface area contributed by atoms with Crippen molar-refractivity contribution in [1.29, 1.82) is 0 Å². The Morgan fingerprint density at radius 2 is 1.27 bits per heavy atom. The van der Waals surface area contributed by atoms with E-state index in [1.54, 1.807) is 21.3 Å². The monoisotopic (exact) mass is 356 g/mol. The Hall–Kier alpha value is -2.88. The number of ether oxygens (including phenoxy) is 3. The summed E-state index contributed by atoms with van der Waals surface area (Å²) in [7, 11) is 4.82. The summed E-state index contributed by atoms with van der Waals surface area (Å²) < 4.78 is 15.3. The molecule has 0 unspecified atom stereocenters. The van der Waals surface area contributed by atoms with Crippen molar-refractivity contribution in [1.82, 2.24) is 0 Å². The van der Waals surface area contributed by atoms with Crippen LogP contribution in [0.1, 0.15) is 30.5 Å². The molecule has 4 nitrogen and oxygen atoms in total. The fourth-order valence-corrected chi connectivity index (χ4v) is 2.37. The summed E-state index contributed by atoms with van der Waals surface area (Å²) in [5, 5.41) is 9.54. The van der Waals surface area contributed by atoms with Crippen LogP contribution in [0.15, 0.2) is 42.5 Å². The molecule has 140 valence electrons. The first-order valence-electron chi connectivity index (χ1n) is 8.35. The van der Waals surface area contributed by atoms with Crippen molar-refractivity contribution >= 4 is 12.2 Å². The Balaban J connectivity index is 0.000000260. The lowest BCUT2D eigenvalue weighted by Gasteiger charge is -2.07. The molecule has 4 heteroatoms. The van der Waals surface area contributed by atoms with Crippen LogP contribution < -0.4 is 14.2 Å². The predicted octanol–water partition coefficient (Wildman–Crippen LogP) is 5.48. The Bertz CT molecular complexity index is 761. The number of phenolic OH excluding ortho intramolecular Hbond substituents is 1. The Morgan fingerprint density at radius 3 is 1.81 bits per heavy atom. The molecule has 0 radical (unpaired) electrons. The zero-order chi connectivity index (χ0) is 19.5. The standard InChI is InChI=1S/2C11H14O2/c1-4-5-9-6-8(2)11(12)10(7-9)13-3;1-4-5-9-6-7-10(12-2)11(8-9)13-3/h4-7,12H,1-3H3;4-8H,1-3H3. The van der Waals surface area contributed by atoms with Gasteiger partial charge in [-0.2, -0.15) is 0 Å². The maximum absolute atomic E-state index is 9.54. The van der Waals surface area contributed by atoms with Crippen LogP contribution in [0.25, 0.3) is 12.2 Å². The van der Waals surface area contributed by atoms with E-state index in [1.807, 2.05) is 75.4 Å². The van der Waals surface area contributed by atoms with E-state index in [2.05, 4.69) is 0 Å². The number of hydrogen-bond donors (Lipinski definition) is 1. The average molecular weight is 356 g/mol. The third-order valence-electron chi connectivity index (χ3n) is 3.63. The molecule has 0 aliphatic carbocycles. The van der Waals surface area contributed by atoms with Crippen LogP contribution >= 0.6 is 0 Å². The molecule has 2 aromatic rings. The van der Waals surface area contributed by atoms with E-state index in [0.29, 0.717) is 5.75 Å². The molecule has 0 aromatic heterocycles. The number of methoxy groups -OCH3 is 3. The van der Waals surface area contributed by atoms with Crippen LogP contribution in [0.4, 0.5) is 0 Å². The van der Waals surface area contributed by atoms with Crippen molar-refractivity contribution in [3.8, 4) is 23.0 Å². The molecule has 2 rings (SSSR count). The summed E-state index contributed by atoms with van der Waals surface area (Å²) in [6.07, 6.45) is 7.92. The molecule has 0 heterocycles. The van der Waals surface area contributed by atoms with Crippen LogP contribution in [0, 0.1) is 6.92 Å². The first-order valence-corrected chi connectivity index (χ1v) is 8.35. The lowest BCUT2D eigenvalue weighted by atomic mass is 10.1. The molecule has 0 amide bonds. The molecule has 0 atom stereocenters. The largest absolute Gasteiger partial charge is 0.504 e. The molecule has 0 spiro atoms. The van der Waals surface area contributed by atoms with Gasteiger partial charge in [0, 0.05) is 0 Å². The van der Waals surface area contributed by atoms with Gasteiger partial charge < -0.3 is 19.3 Å². The van der Waals surface area contributed by atoms with E-state index >= 15 is 0 Å². The molecule has 26 heavy (non-hydrogen) atoms. The Kier molecular flexibility index (Phi) is 8.85. The SMILES string of the molecule is CC=Cc1cc(C)c(O)c(OC)c1.CC=Cc1ccc(OC)c(OC)c1. The molecule has 0 fully saturated rings. The van der Waals surface area contributed by atoms with Crippen molar-refractivity contribution < 1.29 is 19.3 Å². The highest BCUT2D eigenvalue weighted by Crippen LogP contribution is 2.31. The Morgan fingerprint density at radius 1 is 0.731 bits per heavy atom. The van der Waals surface area contributed by atoms with Crippen LogP contribution in [0.2, 0.25) is 0 Å². The van der Waals surface area contributed by atoms with Gasteiger partial charge in [-0.3, -0.25) is 0 Å². The van der Waals surface area contributed by atoms with Gasteiger partial charge in [-0.1, -0.05) is 30.4 Å². The van der Waals surface area contributed by atoms with Gasteiger partial charge in [0.1, 0.15) is 0 Å². The molecular weight excluding hydrogens is 328 g/mol. The van der Waals surface area contributed by atoms with Gasteiger partial charge in [-0.15, -0.1) is 0 Å². The highest BCUT2D eigenvalue weighted by molar-refractivity contribution is 5.58.